The van der Waals surface area contributed by atoms with Gasteiger partial charge in [0.05, 0.1) is 17.8 Å². The molecule has 1 spiro atoms. The number of ether oxygens (including phenoxy) is 1. The molecule has 3 aliphatic rings. The first-order valence-electron chi connectivity index (χ1n) is 11.6. The van der Waals surface area contributed by atoms with Crippen LogP contribution in [0.1, 0.15) is 64.1 Å². The van der Waals surface area contributed by atoms with Crippen molar-refractivity contribution in [3.8, 4) is 0 Å². The lowest BCUT2D eigenvalue weighted by molar-refractivity contribution is -0.0995. The molecule has 1 N–H and O–H groups in total. The standard InChI is InChI=1S/C24H32N4O2S/c1-3-20-12-21-22(31-20)4-9-30-24(21)5-7-28(8-6-24)15-17-10-19(11-17)27-23(29)18-13-25-16(2)26-14-18/h12-14,17,19H,3-11,15H2,1-2H3,(H,27,29). The fourth-order valence-corrected chi connectivity index (χ4v) is 6.48. The van der Waals surface area contributed by atoms with Gasteiger partial charge in [-0.15, -0.1) is 11.3 Å². The van der Waals surface area contributed by atoms with Crippen LogP contribution >= 0.6 is 11.3 Å². The molecule has 1 amide bonds. The van der Waals surface area contributed by atoms with E-state index in [-0.39, 0.29) is 17.6 Å². The molecule has 1 aliphatic carbocycles. The smallest absolute Gasteiger partial charge is 0.254 e. The molecule has 0 aromatic carbocycles. The van der Waals surface area contributed by atoms with E-state index >= 15 is 0 Å². The Hall–Kier alpha value is -1.83. The Bertz CT molecular complexity index is 928. The van der Waals surface area contributed by atoms with Crippen LogP contribution in [-0.2, 0) is 23.2 Å². The molecule has 2 aliphatic heterocycles. The highest BCUT2D eigenvalue weighted by Crippen LogP contribution is 2.45. The van der Waals surface area contributed by atoms with Crippen LogP contribution in [0.3, 0.4) is 0 Å². The Morgan fingerprint density at radius 3 is 2.74 bits per heavy atom. The van der Waals surface area contributed by atoms with E-state index in [1.165, 1.54) is 10.4 Å². The fourth-order valence-electron chi connectivity index (χ4n) is 5.30. The van der Waals surface area contributed by atoms with E-state index in [0.29, 0.717) is 17.3 Å². The monoisotopic (exact) mass is 440 g/mol. The van der Waals surface area contributed by atoms with Crippen molar-refractivity contribution in [3.63, 3.8) is 0 Å². The van der Waals surface area contributed by atoms with Crippen LogP contribution in [0.5, 0.6) is 0 Å². The van der Waals surface area contributed by atoms with Gasteiger partial charge in [0.2, 0.25) is 0 Å². The van der Waals surface area contributed by atoms with E-state index < -0.39 is 0 Å². The number of hydrogen-bond donors (Lipinski definition) is 1. The average molecular weight is 441 g/mol. The maximum absolute atomic E-state index is 12.3. The van der Waals surface area contributed by atoms with E-state index in [4.69, 9.17) is 4.74 Å². The highest BCUT2D eigenvalue weighted by molar-refractivity contribution is 7.12. The summed E-state index contributed by atoms with van der Waals surface area (Å²) in [7, 11) is 0. The number of carbonyl (C=O) groups is 1. The van der Waals surface area contributed by atoms with Crippen LogP contribution < -0.4 is 5.32 Å². The van der Waals surface area contributed by atoms with Crippen LogP contribution in [0.2, 0.25) is 0 Å². The van der Waals surface area contributed by atoms with Gasteiger partial charge in [-0.05, 0) is 56.6 Å². The van der Waals surface area contributed by atoms with Crippen LogP contribution in [0, 0.1) is 12.8 Å². The Kier molecular flexibility index (Phi) is 5.84. The van der Waals surface area contributed by atoms with Crippen LogP contribution in [0.4, 0.5) is 0 Å². The number of nitrogens with one attached hydrogen (secondary N) is 1. The van der Waals surface area contributed by atoms with Crippen LogP contribution in [0.25, 0.3) is 0 Å². The Morgan fingerprint density at radius 1 is 1.29 bits per heavy atom. The zero-order valence-corrected chi connectivity index (χ0v) is 19.3. The first-order valence-corrected chi connectivity index (χ1v) is 12.4. The van der Waals surface area contributed by atoms with E-state index in [9.17, 15) is 4.79 Å². The molecule has 5 rings (SSSR count). The number of hydrogen-bond acceptors (Lipinski definition) is 6. The van der Waals surface area contributed by atoms with Gasteiger partial charge in [0.25, 0.3) is 5.91 Å². The summed E-state index contributed by atoms with van der Waals surface area (Å²) in [4.78, 5) is 26.2. The molecule has 2 fully saturated rings. The van der Waals surface area contributed by atoms with Crippen molar-refractivity contribution in [1.29, 1.82) is 0 Å². The molecule has 0 unspecified atom stereocenters. The number of amides is 1. The molecule has 2 aromatic heterocycles. The predicted molar refractivity (Wildman–Crippen MR) is 121 cm³/mol. The summed E-state index contributed by atoms with van der Waals surface area (Å²) in [5.41, 5.74) is 1.99. The summed E-state index contributed by atoms with van der Waals surface area (Å²) in [6, 6.07) is 2.70. The molecule has 31 heavy (non-hydrogen) atoms. The van der Waals surface area contributed by atoms with Gasteiger partial charge in [-0.3, -0.25) is 4.79 Å². The molecule has 1 saturated heterocycles. The Labute approximate surface area is 188 Å². The summed E-state index contributed by atoms with van der Waals surface area (Å²) in [6.45, 7) is 8.27. The average Bonchev–Trinajstić information content (AvgIpc) is 3.19. The van der Waals surface area contributed by atoms with Gasteiger partial charge in [0.1, 0.15) is 5.82 Å². The molecule has 7 heteroatoms. The van der Waals surface area contributed by atoms with Crippen molar-refractivity contribution < 1.29 is 9.53 Å². The predicted octanol–water partition coefficient (Wildman–Crippen LogP) is 3.48. The lowest BCUT2D eigenvalue weighted by Crippen LogP contribution is -2.51. The van der Waals surface area contributed by atoms with Crippen molar-refractivity contribution in [2.45, 2.75) is 64.0 Å². The zero-order valence-electron chi connectivity index (χ0n) is 18.5. The van der Waals surface area contributed by atoms with Gasteiger partial charge in [0.15, 0.2) is 0 Å². The Balaban J connectivity index is 1.09. The van der Waals surface area contributed by atoms with Gasteiger partial charge < -0.3 is 15.0 Å². The summed E-state index contributed by atoms with van der Waals surface area (Å²) in [5.74, 6) is 1.29. The lowest BCUT2D eigenvalue weighted by Gasteiger charge is -2.46. The van der Waals surface area contributed by atoms with Crippen LogP contribution in [0.15, 0.2) is 18.5 Å². The third kappa shape index (κ3) is 4.28. The number of rotatable bonds is 5. The van der Waals surface area contributed by atoms with E-state index in [1.807, 2.05) is 18.3 Å². The van der Waals surface area contributed by atoms with Crippen molar-refractivity contribution in [2.75, 3.05) is 26.2 Å². The summed E-state index contributed by atoms with van der Waals surface area (Å²) in [5, 5.41) is 3.13. The molecule has 0 bridgehead atoms. The summed E-state index contributed by atoms with van der Waals surface area (Å²) in [6.07, 6.45) is 9.72. The number of fused-ring (bicyclic) bond motifs is 2. The molecule has 2 aromatic rings. The minimum Gasteiger partial charge on any atom is -0.370 e. The number of aromatic nitrogens is 2. The number of nitrogens with zero attached hydrogens (tertiary/aromatic N) is 3. The van der Waals surface area contributed by atoms with Gasteiger partial charge >= 0.3 is 0 Å². The lowest BCUT2D eigenvalue weighted by atomic mass is 9.78. The largest absolute Gasteiger partial charge is 0.370 e. The number of aryl methyl sites for hydroxylation is 2. The second-order valence-corrected chi connectivity index (χ2v) is 10.5. The van der Waals surface area contributed by atoms with Crippen molar-refractivity contribution in [2.24, 2.45) is 5.92 Å². The third-order valence-electron chi connectivity index (χ3n) is 7.20. The highest BCUT2D eigenvalue weighted by Gasteiger charge is 2.42. The molecule has 6 nitrogen and oxygen atoms in total. The maximum Gasteiger partial charge on any atom is 0.254 e. The summed E-state index contributed by atoms with van der Waals surface area (Å²) < 4.78 is 6.42. The third-order valence-corrected chi connectivity index (χ3v) is 8.54. The second kappa shape index (κ2) is 8.60. The first kappa shape index (κ1) is 21.0. The minimum absolute atomic E-state index is 0.0414. The van der Waals surface area contributed by atoms with Crippen molar-refractivity contribution in [1.82, 2.24) is 20.2 Å². The normalized spacial score (nSPS) is 25.1. The maximum atomic E-state index is 12.3. The molecule has 0 atom stereocenters. The first-order chi connectivity index (χ1) is 15.0. The van der Waals surface area contributed by atoms with Crippen LogP contribution in [-0.4, -0.2) is 53.1 Å². The molecular weight excluding hydrogens is 408 g/mol. The fraction of sp³-hybridized carbons (Fsp3) is 0.625. The quantitative estimate of drug-likeness (QED) is 0.771. The van der Waals surface area contributed by atoms with Gasteiger partial charge in [-0.25, -0.2) is 9.97 Å². The molecule has 4 heterocycles. The van der Waals surface area contributed by atoms with Crippen molar-refractivity contribution >= 4 is 17.2 Å². The van der Waals surface area contributed by atoms with Gasteiger partial charge in [-0.2, -0.15) is 0 Å². The Morgan fingerprint density at radius 2 is 2.03 bits per heavy atom. The van der Waals surface area contributed by atoms with Gasteiger partial charge in [0, 0.05) is 54.2 Å². The molecule has 1 saturated carbocycles. The van der Waals surface area contributed by atoms with E-state index in [1.54, 1.807) is 17.3 Å². The molecule has 166 valence electrons. The zero-order chi connectivity index (χ0) is 21.4. The molecule has 0 radical (unpaired) electrons. The van der Waals surface area contributed by atoms with E-state index in [0.717, 1.165) is 64.8 Å². The van der Waals surface area contributed by atoms with Gasteiger partial charge in [-0.1, -0.05) is 6.92 Å². The van der Waals surface area contributed by atoms with E-state index in [2.05, 4.69) is 33.2 Å². The highest BCUT2D eigenvalue weighted by atomic mass is 32.1. The number of thiophene rings is 1. The number of carbonyl (C=O) groups excluding carboxylic acids is 1. The topological polar surface area (TPSA) is 67.3 Å². The second-order valence-electron chi connectivity index (χ2n) is 9.32. The molecular formula is C24H32N4O2S. The van der Waals surface area contributed by atoms with Crippen molar-refractivity contribution in [3.05, 3.63) is 45.2 Å². The number of likely N-dealkylation sites (tertiary alicyclic amines) is 1. The SMILES string of the molecule is CCc1cc2c(s1)CCOC21CCN(CC2CC(NC(=O)c3cnc(C)nc3)C2)CC1. The summed E-state index contributed by atoms with van der Waals surface area (Å²) >= 11 is 2.00. The minimum atomic E-state index is -0.0594. The number of piperidine rings is 1.